The largest absolute Gasteiger partial charge is 0.480 e. The molecule has 0 bridgehead atoms. The van der Waals surface area contributed by atoms with Crippen molar-refractivity contribution >= 4 is 16.2 Å². The minimum Gasteiger partial charge on any atom is -0.480 e. The highest BCUT2D eigenvalue weighted by Crippen LogP contribution is 2.24. The van der Waals surface area contributed by atoms with Crippen molar-refractivity contribution in [3.05, 3.63) is 0 Å². The Labute approximate surface area is 89.4 Å². The first kappa shape index (κ1) is 12.4. The Kier molecular flexibility index (Phi) is 4.06. The first-order valence-corrected chi connectivity index (χ1v) is 6.33. The summed E-state index contributed by atoms with van der Waals surface area (Å²) < 4.78 is 26.3. The molecule has 15 heavy (non-hydrogen) atoms. The van der Waals surface area contributed by atoms with E-state index < -0.39 is 22.7 Å². The fraction of sp³-hybridized carbons (Fsp3) is 0.875. The van der Waals surface area contributed by atoms with Crippen LogP contribution in [0.25, 0.3) is 0 Å². The Morgan fingerprint density at radius 3 is 2.40 bits per heavy atom. The first-order chi connectivity index (χ1) is 6.97. The third-order valence-electron chi connectivity index (χ3n) is 2.59. The molecule has 1 rings (SSSR count). The van der Waals surface area contributed by atoms with Crippen LogP contribution >= 0.6 is 0 Å². The second-order valence-corrected chi connectivity index (χ2v) is 5.41. The zero-order chi connectivity index (χ0) is 11.5. The van der Waals surface area contributed by atoms with E-state index in [4.69, 9.17) is 5.11 Å². The Balaban J connectivity index is 2.81. The highest BCUT2D eigenvalue weighted by atomic mass is 32.2. The summed E-state index contributed by atoms with van der Waals surface area (Å²) in [5.74, 6) is -1.12. The summed E-state index contributed by atoms with van der Waals surface area (Å²) >= 11 is 0. The van der Waals surface area contributed by atoms with Crippen molar-refractivity contribution in [2.24, 2.45) is 0 Å². The topological polar surface area (TPSA) is 86.7 Å². The number of carboxylic acids is 1. The van der Waals surface area contributed by atoms with E-state index in [1.54, 1.807) is 0 Å². The van der Waals surface area contributed by atoms with Gasteiger partial charge in [-0.25, -0.2) is 4.72 Å². The predicted molar refractivity (Wildman–Crippen MR) is 54.6 cm³/mol. The van der Waals surface area contributed by atoms with E-state index >= 15 is 0 Å². The number of hydrogen-bond acceptors (Lipinski definition) is 3. The fourth-order valence-corrected chi connectivity index (χ4v) is 2.97. The lowest BCUT2D eigenvalue weighted by molar-refractivity contribution is -0.137. The van der Waals surface area contributed by atoms with Gasteiger partial charge in [0.05, 0.1) is 0 Å². The molecular formula is C8H16N2O4S. The second-order valence-electron chi connectivity index (χ2n) is 3.59. The molecule has 2 N–H and O–H groups in total. The smallest absolute Gasteiger partial charge is 0.318 e. The Morgan fingerprint density at radius 1 is 1.47 bits per heavy atom. The van der Waals surface area contributed by atoms with Gasteiger partial charge in [0.1, 0.15) is 6.54 Å². The van der Waals surface area contributed by atoms with Crippen LogP contribution in [0, 0.1) is 0 Å². The zero-order valence-corrected chi connectivity index (χ0v) is 9.46. The predicted octanol–water partition coefficient (Wildman–Crippen LogP) is -0.220. The molecule has 0 aromatic heterocycles. The minimum absolute atomic E-state index is 0.168. The lowest BCUT2D eigenvalue weighted by Crippen LogP contribution is -2.46. The average Bonchev–Trinajstić information content (AvgIpc) is 2.66. The molecule has 6 nitrogen and oxygen atoms in total. The Hall–Kier alpha value is -0.660. The van der Waals surface area contributed by atoms with Crippen molar-refractivity contribution in [1.82, 2.24) is 9.03 Å². The maximum Gasteiger partial charge on any atom is 0.318 e. The molecule has 0 amide bonds. The van der Waals surface area contributed by atoms with Gasteiger partial charge in [0.15, 0.2) is 0 Å². The monoisotopic (exact) mass is 236 g/mol. The first-order valence-electron chi connectivity index (χ1n) is 4.89. The van der Waals surface area contributed by atoms with Gasteiger partial charge in [-0.05, 0) is 12.8 Å². The highest BCUT2D eigenvalue weighted by molar-refractivity contribution is 7.87. The number of carboxylic acid groups (broad SMARTS) is 1. The number of carbonyl (C=O) groups is 1. The van der Waals surface area contributed by atoms with E-state index in [2.05, 4.69) is 4.72 Å². The van der Waals surface area contributed by atoms with Gasteiger partial charge in [-0.1, -0.05) is 12.8 Å². The van der Waals surface area contributed by atoms with E-state index in [-0.39, 0.29) is 6.04 Å². The maximum absolute atomic E-state index is 11.6. The molecule has 0 spiro atoms. The number of nitrogens with one attached hydrogen (secondary N) is 1. The summed E-state index contributed by atoms with van der Waals surface area (Å²) in [4.78, 5) is 10.6. The maximum atomic E-state index is 11.6. The van der Waals surface area contributed by atoms with Crippen LogP contribution in [0.5, 0.6) is 0 Å². The molecule has 1 aliphatic carbocycles. The van der Waals surface area contributed by atoms with Gasteiger partial charge in [-0.15, -0.1) is 0 Å². The van der Waals surface area contributed by atoms with Crippen LogP contribution in [0.4, 0.5) is 0 Å². The molecule has 1 fully saturated rings. The quantitative estimate of drug-likeness (QED) is 0.691. The van der Waals surface area contributed by atoms with E-state index in [9.17, 15) is 13.2 Å². The third-order valence-corrected chi connectivity index (χ3v) is 4.15. The van der Waals surface area contributed by atoms with Crippen molar-refractivity contribution in [2.75, 3.05) is 13.6 Å². The second kappa shape index (κ2) is 4.91. The molecular weight excluding hydrogens is 220 g/mol. The van der Waals surface area contributed by atoms with Crippen LogP contribution in [-0.2, 0) is 15.0 Å². The number of hydrogen-bond donors (Lipinski definition) is 2. The van der Waals surface area contributed by atoms with Crippen molar-refractivity contribution in [3.8, 4) is 0 Å². The summed E-state index contributed by atoms with van der Waals surface area (Å²) in [6, 6.07) is -0.168. The van der Waals surface area contributed by atoms with Gasteiger partial charge < -0.3 is 5.11 Å². The highest BCUT2D eigenvalue weighted by Gasteiger charge is 2.32. The number of aliphatic carboxylic acids is 1. The van der Waals surface area contributed by atoms with Gasteiger partial charge in [0.25, 0.3) is 10.2 Å². The Bertz CT molecular complexity index is 322. The van der Waals surface area contributed by atoms with Gasteiger partial charge in [-0.3, -0.25) is 4.79 Å². The molecule has 0 atom stereocenters. The minimum atomic E-state index is -3.64. The standard InChI is InChI=1S/C8H16N2O4S/c1-9-15(13,14)10(6-8(11)12)7-4-2-3-5-7/h7,9H,2-6H2,1H3,(H,11,12). The van der Waals surface area contributed by atoms with Crippen LogP contribution in [0.3, 0.4) is 0 Å². The van der Waals surface area contributed by atoms with Crippen molar-refractivity contribution in [1.29, 1.82) is 0 Å². The van der Waals surface area contributed by atoms with Gasteiger partial charge in [0.2, 0.25) is 0 Å². The molecule has 0 saturated heterocycles. The number of nitrogens with zero attached hydrogens (tertiary/aromatic N) is 1. The molecule has 0 unspecified atom stereocenters. The summed E-state index contributed by atoms with van der Waals surface area (Å²) in [5, 5.41) is 8.67. The lowest BCUT2D eigenvalue weighted by Gasteiger charge is -2.25. The molecule has 0 radical (unpaired) electrons. The van der Waals surface area contributed by atoms with E-state index in [0.29, 0.717) is 0 Å². The summed E-state index contributed by atoms with van der Waals surface area (Å²) in [6.07, 6.45) is 3.41. The molecule has 0 heterocycles. The van der Waals surface area contributed by atoms with Crippen molar-refractivity contribution in [2.45, 2.75) is 31.7 Å². The lowest BCUT2D eigenvalue weighted by atomic mass is 10.2. The molecule has 7 heteroatoms. The van der Waals surface area contributed by atoms with Crippen LogP contribution in [-0.4, -0.2) is 43.4 Å². The fourth-order valence-electron chi connectivity index (χ4n) is 1.85. The van der Waals surface area contributed by atoms with E-state index in [1.807, 2.05) is 0 Å². The molecule has 1 saturated carbocycles. The molecule has 88 valence electrons. The average molecular weight is 236 g/mol. The summed E-state index contributed by atoms with van der Waals surface area (Å²) in [5.41, 5.74) is 0. The van der Waals surface area contributed by atoms with Crippen LogP contribution in [0.15, 0.2) is 0 Å². The summed E-state index contributed by atoms with van der Waals surface area (Å²) in [7, 11) is -2.35. The SMILES string of the molecule is CNS(=O)(=O)N(CC(=O)O)C1CCCC1. The zero-order valence-electron chi connectivity index (χ0n) is 8.64. The van der Waals surface area contributed by atoms with Crippen LogP contribution < -0.4 is 4.72 Å². The summed E-state index contributed by atoms with van der Waals surface area (Å²) in [6.45, 7) is -0.464. The van der Waals surface area contributed by atoms with Crippen molar-refractivity contribution < 1.29 is 18.3 Å². The molecule has 1 aliphatic rings. The van der Waals surface area contributed by atoms with Gasteiger partial charge >= 0.3 is 5.97 Å². The number of rotatable bonds is 5. The van der Waals surface area contributed by atoms with Gasteiger partial charge in [-0.2, -0.15) is 12.7 Å². The van der Waals surface area contributed by atoms with Crippen molar-refractivity contribution in [3.63, 3.8) is 0 Å². The molecule has 0 aromatic carbocycles. The Morgan fingerprint density at radius 2 is 2.00 bits per heavy atom. The molecule has 0 aliphatic heterocycles. The molecule has 0 aromatic rings. The third kappa shape index (κ3) is 3.15. The van der Waals surface area contributed by atoms with Gasteiger partial charge in [0, 0.05) is 13.1 Å². The van der Waals surface area contributed by atoms with E-state index in [1.165, 1.54) is 7.05 Å². The van der Waals surface area contributed by atoms with Crippen LogP contribution in [0.1, 0.15) is 25.7 Å². The normalized spacial score (nSPS) is 18.5. The van der Waals surface area contributed by atoms with Crippen LogP contribution in [0.2, 0.25) is 0 Å². The van der Waals surface area contributed by atoms with E-state index in [0.717, 1.165) is 30.0 Å².